The van der Waals surface area contributed by atoms with E-state index >= 15 is 0 Å². The van der Waals surface area contributed by atoms with Gasteiger partial charge in [-0.05, 0) is 55.1 Å². The fourth-order valence-electron chi connectivity index (χ4n) is 2.02. The highest BCUT2D eigenvalue weighted by Gasteiger charge is 2.23. The maximum absolute atomic E-state index is 11.9. The van der Waals surface area contributed by atoms with Gasteiger partial charge in [0.2, 0.25) is 0 Å². The minimum absolute atomic E-state index is 0.0243. The molecule has 6 heteroatoms. The molecule has 120 valence electrons. The first-order valence-corrected chi connectivity index (χ1v) is 8.04. The van der Waals surface area contributed by atoms with Crippen LogP contribution in [0.5, 0.6) is 0 Å². The number of nitrogens with one attached hydrogen (secondary N) is 1. The molecule has 5 nitrogen and oxygen atoms in total. The maximum atomic E-state index is 11.9. The number of amides is 1. The van der Waals surface area contributed by atoms with E-state index < -0.39 is 0 Å². The Labute approximate surface area is 143 Å². The van der Waals surface area contributed by atoms with Crippen molar-refractivity contribution in [1.29, 1.82) is 0 Å². The van der Waals surface area contributed by atoms with Crippen LogP contribution in [0.15, 0.2) is 69.1 Å². The second kappa shape index (κ2) is 7.14. The number of furan rings is 1. The molecule has 0 atom stereocenters. The summed E-state index contributed by atoms with van der Waals surface area (Å²) in [6, 6.07) is 10.6. The van der Waals surface area contributed by atoms with E-state index in [-0.39, 0.29) is 11.7 Å². The molecule has 1 aliphatic heterocycles. The van der Waals surface area contributed by atoms with Gasteiger partial charge in [0.1, 0.15) is 5.76 Å². The smallest absolute Gasteiger partial charge is 0.264 e. The summed E-state index contributed by atoms with van der Waals surface area (Å²) >= 11 is 1.25. The van der Waals surface area contributed by atoms with E-state index in [1.54, 1.807) is 54.8 Å². The summed E-state index contributed by atoms with van der Waals surface area (Å²) in [6.45, 7) is 1.50. The van der Waals surface area contributed by atoms with Crippen LogP contribution in [0.2, 0.25) is 0 Å². The van der Waals surface area contributed by atoms with Crippen molar-refractivity contribution in [1.82, 2.24) is 5.32 Å². The largest absolute Gasteiger partial charge is 0.465 e. The Bertz CT molecular complexity index is 864. The molecule has 3 rings (SSSR count). The zero-order valence-electron chi connectivity index (χ0n) is 12.9. The predicted octanol–water partition coefficient (Wildman–Crippen LogP) is 3.93. The van der Waals surface area contributed by atoms with E-state index in [0.29, 0.717) is 27.1 Å². The van der Waals surface area contributed by atoms with Crippen LogP contribution in [0.1, 0.15) is 23.0 Å². The molecule has 1 aromatic heterocycles. The van der Waals surface area contributed by atoms with Crippen LogP contribution in [0.3, 0.4) is 0 Å². The summed E-state index contributed by atoms with van der Waals surface area (Å²) in [5.41, 5.74) is 1.21. The Hall–Kier alpha value is -2.86. The van der Waals surface area contributed by atoms with Gasteiger partial charge in [-0.25, -0.2) is 4.99 Å². The van der Waals surface area contributed by atoms with Gasteiger partial charge < -0.3 is 9.73 Å². The molecule has 1 aromatic carbocycles. The van der Waals surface area contributed by atoms with Crippen LogP contribution < -0.4 is 5.32 Å². The predicted molar refractivity (Wildman–Crippen MR) is 95.1 cm³/mol. The lowest BCUT2D eigenvalue weighted by Gasteiger charge is -1.99. The van der Waals surface area contributed by atoms with Gasteiger partial charge in [-0.15, -0.1) is 0 Å². The van der Waals surface area contributed by atoms with Crippen molar-refractivity contribution in [3.05, 3.63) is 71.0 Å². The van der Waals surface area contributed by atoms with Gasteiger partial charge in [0, 0.05) is 5.56 Å². The summed E-state index contributed by atoms with van der Waals surface area (Å²) in [4.78, 5) is 28.3. The van der Waals surface area contributed by atoms with Crippen molar-refractivity contribution < 1.29 is 14.0 Å². The number of nitrogens with zero attached hydrogens (tertiary/aromatic N) is 1. The fraction of sp³-hybridized carbons (Fsp3) is 0.0556. The molecule has 0 radical (unpaired) electrons. The molecule has 1 N–H and O–H groups in total. The second-order valence-corrected chi connectivity index (χ2v) is 6.02. The number of aliphatic imine (C=N–C) groups is 1. The number of hydrogen-bond acceptors (Lipinski definition) is 5. The topological polar surface area (TPSA) is 71.7 Å². The third-order valence-electron chi connectivity index (χ3n) is 3.19. The highest BCUT2D eigenvalue weighted by atomic mass is 32.2. The van der Waals surface area contributed by atoms with E-state index in [1.807, 2.05) is 6.07 Å². The number of amidine groups is 1. The van der Waals surface area contributed by atoms with Crippen molar-refractivity contribution >= 4 is 40.4 Å². The SMILES string of the molecule is CC(=O)c1cccc(N=C2NC(=O)/C(=C\C=C\c3ccco3)S2)c1. The molecule has 0 spiro atoms. The lowest BCUT2D eigenvalue weighted by Crippen LogP contribution is -2.19. The first kappa shape index (κ1) is 16.0. The maximum Gasteiger partial charge on any atom is 0.264 e. The Balaban J connectivity index is 1.74. The number of ketones is 1. The third-order valence-corrected chi connectivity index (χ3v) is 4.11. The summed E-state index contributed by atoms with van der Waals surface area (Å²) < 4.78 is 5.18. The molecule has 0 aliphatic carbocycles. The molecule has 24 heavy (non-hydrogen) atoms. The van der Waals surface area contributed by atoms with Gasteiger partial charge in [0.25, 0.3) is 5.91 Å². The Morgan fingerprint density at radius 2 is 2.17 bits per heavy atom. The van der Waals surface area contributed by atoms with Gasteiger partial charge in [-0.1, -0.05) is 18.2 Å². The summed E-state index contributed by atoms with van der Waals surface area (Å²) in [6.07, 6.45) is 6.81. The van der Waals surface area contributed by atoms with Gasteiger partial charge in [0.15, 0.2) is 11.0 Å². The Morgan fingerprint density at radius 3 is 2.92 bits per heavy atom. The van der Waals surface area contributed by atoms with Gasteiger partial charge >= 0.3 is 0 Å². The molecule has 2 heterocycles. The molecule has 1 aliphatic rings. The van der Waals surface area contributed by atoms with Crippen molar-refractivity contribution in [2.75, 3.05) is 0 Å². The fourth-order valence-corrected chi connectivity index (χ4v) is 2.82. The summed E-state index contributed by atoms with van der Waals surface area (Å²) in [5.74, 6) is 0.486. The van der Waals surface area contributed by atoms with E-state index in [2.05, 4.69) is 10.3 Å². The van der Waals surface area contributed by atoms with Gasteiger partial charge in [-0.3, -0.25) is 9.59 Å². The Morgan fingerprint density at radius 1 is 1.29 bits per heavy atom. The molecule has 0 saturated carbocycles. The van der Waals surface area contributed by atoms with E-state index in [0.717, 1.165) is 0 Å². The molecule has 1 fully saturated rings. The molecule has 1 amide bonds. The standard InChI is InChI=1S/C18H14N2O3S/c1-12(21)13-5-2-6-14(11-13)19-18-20-17(22)16(24-18)9-3-7-15-8-4-10-23-15/h2-11H,1H3,(H,19,20,22)/b7-3+,16-9+. The number of thioether (sulfide) groups is 1. The van der Waals surface area contributed by atoms with Crippen LogP contribution in [-0.4, -0.2) is 16.9 Å². The zero-order chi connectivity index (χ0) is 16.9. The zero-order valence-corrected chi connectivity index (χ0v) is 13.7. The first-order valence-electron chi connectivity index (χ1n) is 7.22. The lowest BCUT2D eigenvalue weighted by atomic mass is 10.1. The number of benzene rings is 1. The number of Topliss-reactive ketones (excluding diaryl/α,β-unsaturated/α-hetero) is 1. The van der Waals surface area contributed by atoms with Crippen LogP contribution in [0.4, 0.5) is 5.69 Å². The lowest BCUT2D eigenvalue weighted by molar-refractivity contribution is -0.115. The van der Waals surface area contributed by atoms with Crippen LogP contribution in [-0.2, 0) is 4.79 Å². The second-order valence-electron chi connectivity index (χ2n) is 4.99. The molecule has 0 unspecified atom stereocenters. The summed E-state index contributed by atoms with van der Waals surface area (Å²) in [5, 5.41) is 3.19. The minimum Gasteiger partial charge on any atom is -0.465 e. The third kappa shape index (κ3) is 3.91. The molecule has 0 bridgehead atoms. The average Bonchev–Trinajstić information content (AvgIpc) is 3.18. The van der Waals surface area contributed by atoms with Crippen molar-refractivity contribution in [3.8, 4) is 0 Å². The van der Waals surface area contributed by atoms with E-state index in [9.17, 15) is 9.59 Å². The number of hydrogen-bond donors (Lipinski definition) is 1. The summed E-state index contributed by atoms with van der Waals surface area (Å²) in [7, 11) is 0. The van der Waals surface area contributed by atoms with Gasteiger partial charge in [0.05, 0.1) is 16.9 Å². The number of carbonyl (C=O) groups excluding carboxylic acids is 2. The highest BCUT2D eigenvalue weighted by Crippen LogP contribution is 2.26. The van der Waals surface area contributed by atoms with Crippen LogP contribution in [0, 0.1) is 0 Å². The Kier molecular flexibility index (Phi) is 4.77. The van der Waals surface area contributed by atoms with Crippen LogP contribution in [0.25, 0.3) is 6.08 Å². The molecule has 1 saturated heterocycles. The minimum atomic E-state index is -0.203. The molecule has 2 aromatic rings. The average molecular weight is 338 g/mol. The normalized spacial score (nSPS) is 17.8. The van der Waals surface area contributed by atoms with E-state index in [4.69, 9.17) is 4.42 Å². The van der Waals surface area contributed by atoms with Gasteiger partial charge in [-0.2, -0.15) is 0 Å². The number of carbonyl (C=O) groups is 2. The highest BCUT2D eigenvalue weighted by molar-refractivity contribution is 8.18. The first-order chi connectivity index (χ1) is 11.6. The van der Waals surface area contributed by atoms with E-state index in [1.165, 1.54) is 18.7 Å². The van der Waals surface area contributed by atoms with Crippen molar-refractivity contribution in [3.63, 3.8) is 0 Å². The monoisotopic (exact) mass is 338 g/mol. The van der Waals surface area contributed by atoms with Crippen molar-refractivity contribution in [2.24, 2.45) is 4.99 Å². The molecular formula is C18H14N2O3S. The molecular weight excluding hydrogens is 324 g/mol. The van der Waals surface area contributed by atoms with Crippen molar-refractivity contribution in [2.45, 2.75) is 6.92 Å². The quantitative estimate of drug-likeness (QED) is 0.677. The number of allylic oxidation sites excluding steroid dienone is 2. The number of rotatable bonds is 4. The van der Waals surface area contributed by atoms with Crippen LogP contribution >= 0.6 is 11.8 Å².